The Morgan fingerprint density at radius 3 is 2.74 bits per heavy atom. The van der Waals surface area contributed by atoms with Gasteiger partial charge < -0.3 is 9.82 Å². The number of H-pyrrole nitrogens is 1. The second kappa shape index (κ2) is 6.81. The van der Waals surface area contributed by atoms with Gasteiger partial charge in [0.2, 0.25) is 0 Å². The molecule has 7 heteroatoms. The van der Waals surface area contributed by atoms with Crippen LogP contribution in [0.25, 0.3) is 22.2 Å². The fourth-order valence-corrected chi connectivity index (χ4v) is 3.24. The summed E-state index contributed by atoms with van der Waals surface area (Å²) in [4.78, 5) is 25.1. The number of piperidine rings is 1. The monoisotopic (exact) mass is 367 g/mol. The number of aromatic nitrogens is 4. The van der Waals surface area contributed by atoms with Crippen molar-refractivity contribution in [1.82, 2.24) is 24.8 Å². The second-order valence-electron chi connectivity index (χ2n) is 8.14. The molecule has 1 aliphatic heterocycles. The van der Waals surface area contributed by atoms with Crippen molar-refractivity contribution in [3.05, 3.63) is 36.9 Å². The predicted octanol–water partition coefficient (Wildman–Crippen LogP) is 3.57. The standard InChI is InChI=1S/C20H25N5O2/c1-20(2,3)19(26)27-24-8-5-17(6-9-24)25-13-16(12-23-25)15-10-14-4-7-21-18(14)22-11-15/h4,7,10-13,17H,5-6,8-9H2,1-3H3,(H,21,22). The van der Waals surface area contributed by atoms with Crippen LogP contribution in [0.3, 0.4) is 0 Å². The third-order valence-corrected chi connectivity index (χ3v) is 4.96. The number of hydrogen-bond acceptors (Lipinski definition) is 5. The SMILES string of the molecule is CC(C)(C)C(=O)ON1CCC(n2cc(-c3cnc4[nH]ccc4c3)cn2)CC1. The highest BCUT2D eigenvalue weighted by molar-refractivity contribution is 5.81. The highest BCUT2D eigenvalue weighted by Crippen LogP contribution is 2.27. The number of pyridine rings is 1. The Morgan fingerprint density at radius 1 is 1.22 bits per heavy atom. The zero-order chi connectivity index (χ0) is 19.0. The van der Waals surface area contributed by atoms with E-state index in [0.717, 1.165) is 48.1 Å². The normalized spacial score (nSPS) is 16.7. The molecule has 142 valence electrons. The lowest BCUT2D eigenvalue weighted by Crippen LogP contribution is -2.39. The Bertz CT molecular complexity index is 945. The molecule has 0 amide bonds. The average Bonchev–Trinajstić information content (AvgIpc) is 3.30. The zero-order valence-corrected chi connectivity index (χ0v) is 16.0. The fourth-order valence-electron chi connectivity index (χ4n) is 3.24. The first kappa shape index (κ1) is 17.7. The van der Waals surface area contributed by atoms with E-state index in [9.17, 15) is 4.79 Å². The van der Waals surface area contributed by atoms with Crippen molar-refractivity contribution < 1.29 is 9.63 Å². The van der Waals surface area contributed by atoms with Gasteiger partial charge in [-0.1, -0.05) is 0 Å². The van der Waals surface area contributed by atoms with Crippen LogP contribution in [0.2, 0.25) is 0 Å². The summed E-state index contributed by atoms with van der Waals surface area (Å²) in [6.07, 6.45) is 9.53. The van der Waals surface area contributed by atoms with Crippen molar-refractivity contribution in [1.29, 1.82) is 0 Å². The minimum Gasteiger partial charge on any atom is -0.367 e. The number of carbonyl (C=O) groups is 1. The summed E-state index contributed by atoms with van der Waals surface area (Å²) in [6.45, 7) is 7.05. The number of hydroxylamine groups is 2. The molecule has 4 rings (SSSR count). The van der Waals surface area contributed by atoms with E-state index in [2.05, 4.69) is 27.3 Å². The number of fused-ring (bicyclic) bond motifs is 1. The summed E-state index contributed by atoms with van der Waals surface area (Å²) >= 11 is 0. The van der Waals surface area contributed by atoms with Crippen LogP contribution >= 0.6 is 0 Å². The molecule has 3 aromatic rings. The van der Waals surface area contributed by atoms with E-state index < -0.39 is 5.41 Å². The summed E-state index contributed by atoms with van der Waals surface area (Å²) in [6, 6.07) is 4.45. The van der Waals surface area contributed by atoms with E-state index in [1.54, 1.807) is 5.06 Å². The topological polar surface area (TPSA) is 76.0 Å². The van der Waals surface area contributed by atoms with Gasteiger partial charge >= 0.3 is 5.97 Å². The van der Waals surface area contributed by atoms with Gasteiger partial charge in [0.1, 0.15) is 5.65 Å². The highest BCUT2D eigenvalue weighted by atomic mass is 16.7. The molecule has 0 spiro atoms. The quantitative estimate of drug-likeness (QED) is 0.766. The Kier molecular flexibility index (Phi) is 4.47. The van der Waals surface area contributed by atoms with Gasteiger partial charge in [-0.3, -0.25) is 4.68 Å². The molecule has 0 unspecified atom stereocenters. The van der Waals surface area contributed by atoms with Crippen LogP contribution in [0.1, 0.15) is 39.7 Å². The molecule has 0 bridgehead atoms. The first-order chi connectivity index (χ1) is 12.9. The molecule has 0 aliphatic carbocycles. The minimum atomic E-state index is -0.484. The lowest BCUT2D eigenvalue weighted by molar-refractivity contribution is -0.205. The highest BCUT2D eigenvalue weighted by Gasteiger charge is 2.29. The molecular weight excluding hydrogens is 342 g/mol. The lowest BCUT2D eigenvalue weighted by Gasteiger charge is -2.32. The number of nitrogens with zero attached hydrogens (tertiary/aromatic N) is 4. The van der Waals surface area contributed by atoms with Crippen LogP contribution in [0.5, 0.6) is 0 Å². The molecule has 1 saturated heterocycles. The first-order valence-electron chi connectivity index (χ1n) is 9.35. The maximum atomic E-state index is 12.0. The van der Waals surface area contributed by atoms with Gasteiger partial charge in [0, 0.05) is 48.2 Å². The van der Waals surface area contributed by atoms with Crippen LogP contribution in [-0.2, 0) is 9.63 Å². The minimum absolute atomic E-state index is 0.185. The Balaban J connectivity index is 1.40. The van der Waals surface area contributed by atoms with Crippen LogP contribution in [0.4, 0.5) is 0 Å². The maximum Gasteiger partial charge on any atom is 0.330 e. The lowest BCUT2D eigenvalue weighted by atomic mass is 9.98. The van der Waals surface area contributed by atoms with Crippen molar-refractivity contribution in [2.75, 3.05) is 13.1 Å². The number of aromatic amines is 1. The molecule has 3 aromatic heterocycles. The van der Waals surface area contributed by atoms with E-state index in [1.165, 1.54) is 0 Å². The smallest absolute Gasteiger partial charge is 0.330 e. The Morgan fingerprint density at radius 2 is 2.00 bits per heavy atom. The van der Waals surface area contributed by atoms with E-state index in [0.29, 0.717) is 6.04 Å². The van der Waals surface area contributed by atoms with Gasteiger partial charge in [-0.05, 0) is 45.7 Å². The van der Waals surface area contributed by atoms with Crippen LogP contribution in [0.15, 0.2) is 36.9 Å². The molecule has 1 aliphatic rings. The summed E-state index contributed by atoms with van der Waals surface area (Å²) < 4.78 is 2.03. The van der Waals surface area contributed by atoms with Crippen molar-refractivity contribution in [3.63, 3.8) is 0 Å². The van der Waals surface area contributed by atoms with E-state index in [1.807, 2.05) is 50.1 Å². The Labute approximate surface area is 158 Å². The van der Waals surface area contributed by atoms with Crippen molar-refractivity contribution in [2.24, 2.45) is 5.41 Å². The second-order valence-corrected chi connectivity index (χ2v) is 8.14. The molecule has 1 N–H and O–H groups in total. The summed E-state index contributed by atoms with van der Waals surface area (Å²) in [5.74, 6) is -0.185. The summed E-state index contributed by atoms with van der Waals surface area (Å²) in [7, 11) is 0. The molecule has 0 saturated carbocycles. The van der Waals surface area contributed by atoms with Crippen molar-refractivity contribution in [3.8, 4) is 11.1 Å². The first-order valence-corrected chi connectivity index (χ1v) is 9.35. The van der Waals surface area contributed by atoms with Crippen LogP contribution in [-0.4, -0.2) is 43.9 Å². The summed E-state index contributed by atoms with van der Waals surface area (Å²) in [5.41, 5.74) is 2.53. The van der Waals surface area contributed by atoms with Gasteiger partial charge in [-0.2, -0.15) is 5.10 Å². The van der Waals surface area contributed by atoms with Crippen LogP contribution < -0.4 is 0 Å². The fraction of sp³-hybridized carbons (Fsp3) is 0.450. The number of rotatable bonds is 3. The van der Waals surface area contributed by atoms with Gasteiger partial charge in [0.25, 0.3) is 0 Å². The molecule has 27 heavy (non-hydrogen) atoms. The van der Waals surface area contributed by atoms with Gasteiger partial charge in [0.15, 0.2) is 0 Å². The van der Waals surface area contributed by atoms with Gasteiger partial charge in [0.05, 0.1) is 17.7 Å². The van der Waals surface area contributed by atoms with Gasteiger partial charge in [-0.15, -0.1) is 5.06 Å². The maximum absolute atomic E-state index is 12.0. The Hall–Kier alpha value is -2.67. The van der Waals surface area contributed by atoms with E-state index in [-0.39, 0.29) is 5.97 Å². The third kappa shape index (κ3) is 3.73. The van der Waals surface area contributed by atoms with E-state index in [4.69, 9.17) is 4.84 Å². The number of nitrogens with one attached hydrogen (secondary N) is 1. The van der Waals surface area contributed by atoms with Crippen molar-refractivity contribution >= 4 is 17.0 Å². The third-order valence-electron chi connectivity index (χ3n) is 4.96. The molecule has 1 fully saturated rings. The van der Waals surface area contributed by atoms with E-state index >= 15 is 0 Å². The zero-order valence-electron chi connectivity index (χ0n) is 16.0. The molecule has 0 radical (unpaired) electrons. The predicted molar refractivity (Wildman–Crippen MR) is 103 cm³/mol. The number of carbonyl (C=O) groups excluding carboxylic acids is 1. The largest absolute Gasteiger partial charge is 0.367 e. The molecule has 4 heterocycles. The molecule has 0 aromatic carbocycles. The van der Waals surface area contributed by atoms with Crippen LogP contribution in [0, 0.1) is 5.41 Å². The van der Waals surface area contributed by atoms with Crippen molar-refractivity contribution in [2.45, 2.75) is 39.7 Å². The van der Waals surface area contributed by atoms with Gasteiger partial charge in [-0.25, -0.2) is 9.78 Å². The average molecular weight is 367 g/mol. The molecule has 7 nitrogen and oxygen atoms in total. The summed E-state index contributed by atoms with van der Waals surface area (Å²) in [5, 5.41) is 7.43. The molecule has 0 atom stereocenters. The number of hydrogen-bond donors (Lipinski definition) is 1. The molecular formula is C20H25N5O2.